The minimum Gasteiger partial charge on any atom is -0.507 e. The number of aromatic nitrogens is 1. The van der Waals surface area contributed by atoms with E-state index >= 15 is 0 Å². The number of Topliss-reactive ketones (excluding diaryl/α,β-unsaturated/α-hetero) is 1. The molecule has 4 rings (SSSR count). The molecule has 1 aliphatic rings. The van der Waals surface area contributed by atoms with Crippen molar-refractivity contribution in [3.63, 3.8) is 0 Å². The number of hydrogen-bond acceptors (Lipinski definition) is 5. The van der Waals surface area contributed by atoms with Gasteiger partial charge in [-0.05, 0) is 48.0 Å². The lowest BCUT2D eigenvalue weighted by Gasteiger charge is -2.24. The number of hydrogen-bond donors (Lipinski definition) is 1. The molecule has 0 spiro atoms. The molecule has 8 heteroatoms. The molecule has 0 aliphatic carbocycles. The Bertz CT molecular complexity index is 1190. The number of ketones is 1. The molecule has 1 atom stereocenters. The summed E-state index contributed by atoms with van der Waals surface area (Å²) in [5.74, 6) is -1.26. The highest BCUT2D eigenvalue weighted by Crippen LogP contribution is 2.42. The van der Waals surface area contributed by atoms with E-state index in [1.807, 2.05) is 0 Å². The van der Waals surface area contributed by atoms with Gasteiger partial charge in [0, 0.05) is 16.8 Å². The first-order valence-electron chi connectivity index (χ1n) is 9.23. The number of amides is 1. The fourth-order valence-corrected chi connectivity index (χ4v) is 3.88. The van der Waals surface area contributed by atoms with E-state index in [0.717, 1.165) is 0 Å². The molecule has 1 saturated heterocycles. The van der Waals surface area contributed by atoms with Crippen molar-refractivity contribution in [2.45, 2.75) is 6.04 Å². The standard InChI is InChI=1S/C23H16Cl2N2O4/c1-31-17-10-7-14(12-16(17)25)21(28)19-20(13-5-8-15(24)9-6-13)27(23(30)22(19)29)18-4-2-3-11-26-18/h2-12,20,28H,1H3/b21-19+/t20-/m0/s1. The summed E-state index contributed by atoms with van der Waals surface area (Å²) >= 11 is 12.2. The van der Waals surface area contributed by atoms with Gasteiger partial charge in [0.25, 0.3) is 5.78 Å². The lowest BCUT2D eigenvalue weighted by Crippen LogP contribution is -2.30. The maximum absolute atomic E-state index is 13.0. The van der Waals surface area contributed by atoms with E-state index in [1.54, 1.807) is 54.6 Å². The topological polar surface area (TPSA) is 79.7 Å². The molecule has 0 unspecified atom stereocenters. The zero-order valence-electron chi connectivity index (χ0n) is 16.3. The van der Waals surface area contributed by atoms with Crippen molar-refractivity contribution >= 4 is 46.5 Å². The van der Waals surface area contributed by atoms with Crippen molar-refractivity contribution in [2.75, 3.05) is 12.0 Å². The van der Waals surface area contributed by atoms with E-state index in [9.17, 15) is 14.7 Å². The van der Waals surface area contributed by atoms with Crippen LogP contribution in [0.4, 0.5) is 5.82 Å². The van der Waals surface area contributed by atoms with Crippen molar-refractivity contribution in [3.05, 3.63) is 93.6 Å². The Morgan fingerprint density at radius 3 is 2.42 bits per heavy atom. The quantitative estimate of drug-likeness (QED) is 0.340. The second-order valence-electron chi connectivity index (χ2n) is 6.76. The molecule has 0 radical (unpaired) electrons. The molecular formula is C23H16Cl2N2O4. The SMILES string of the molecule is COc1ccc(/C(O)=C2\C(=O)C(=O)N(c3ccccn3)[C@H]2c2ccc(Cl)cc2)cc1Cl. The number of anilines is 1. The van der Waals surface area contributed by atoms with Gasteiger partial charge in [0.15, 0.2) is 0 Å². The Kier molecular flexibility index (Phi) is 5.67. The van der Waals surface area contributed by atoms with Crippen molar-refractivity contribution in [3.8, 4) is 5.75 Å². The van der Waals surface area contributed by atoms with Crippen molar-refractivity contribution in [2.24, 2.45) is 0 Å². The van der Waals surface area contributed by atoms with Crippen LogP contribution in [0, 0.1) is 0 Å². The van der Waals surface area contributed by atoms with Crippen LogP contribution in [0.3, 0.4) is 0 Å². The molecule has 31 heavy (non-hydrogen) atoms. The Morgan fingerprint density at radius 2 is 1.81 bits per heavy atom. The number of benzene rings is 2. The summed E-state index contributed by atoms with van der Waals surface area (Å²) in [5.41, 5.74) is 0.804. The van der Waals surface area contributed by atoms with Crippen LogP contribution in [0.15, 0.2) is 72.4 Å². The molecule has 1 aliphatic heterocycles. The lowest BCUT2D eigenvalue weighted by molar-refractivity contribution is -0.132. The molecule has 6 nitrogen and oxygen atoms in total. The average molecular weight is 455 g/mol. The number of aliphatic hydroxyl groups excluding tert-OH is 1. The number of ether oxygens (including phenoxy) is 1. The average Bonchev–Trinajstić information content (AvgIpc) is 3.05. The fourth-order valence-electron chi connectivity index (χ4n) is 3.49. The number of carbonyl (C=O) groups is 2. The van der Waals surface area contributed by atoms with Crippen LogP contribution in [-0.2, 0) is 9.59 Å². The van der Waals surface area contributed by atoms with Crippen LogP contribution < -0.4 is 9.64 Å². The van der Waals surface area contributed by atoms with Crippen molar-refractivity contribution in [1.82, 2.24) is 4.98 Å². The highest BCUT2D eigenvalue weighted by Gasteiger charge is 2.47. The van der Waals surface area contributed by atoms with Crippen LogP contribution in [0.25, 0.3) is 5.76 Å². The summed E-state index contributed by atoms with van der Waals surface area (Å²) in [4.78, 5) is 31.5. The smallest absolute Gasteiger partial charge is 0.301 e. The second kappa shape index (κ2) is 8.41. The lowest BCUT2D eigenvalue weighted by atomic mass is 9.95. The molecule has 156 valence electrons. The van der Waals surface area contributed by atoms with Gasteiger partial charge in [-0.25, -0.2) is 4.98 Å². The van der Waals surface area contributed by atoms with Gasteiger partial charge in [0.1, 0.15) is 17.3 Å². The van der Waals surface area contributed by atoms with Gasteiger partial charge in [-0.2, -0.15) is 0 Å². The molecule has 1 N–H and O–H groups in total. The minimum atomic E-state index is -0.895. The van der Waals surface area contributed by atoms with Crippen LogP contribution in [0.2, 0.25) is 10.0 Å². The summed E-state index contributed by atoms with van der Waals surface area (Å²) in [6.07, 6.45) is 1.52. The first-order chi connectivity index (χ1) is 14.9. The van der Waals surface area contributed by atoms with E-state index in [4.69, 9.17) is 27.9 Å². The maximum Gasteiger partial charge on any atom is 0.301 e. The van der Waals surface area contributed by atoms with Gasteiger partial charge in [-0.3, -0.25) is 14.5 Å². The molecule has 0 bridgehead atoms. The summed E-state index contributed by atoms with van der Waals surface area (Å²) < 4.78 is 5.14. The van der Waals surface area contributed by atoms with Gasteiger partial charge < -0.3 is 9.84 Å². The highest BCUT2D eigenvalue weighted by molar-refractivity contribution is 6.51. The van der Waals surface area contributed by atoms with Gasteiger partial charge in [-0.1, -0.05) is 41.4 Å². The summed E-state index contributed by atoms with van der Waals surface area (Å²) in [6, 6.07) is 15.5. The van der Waals surface area contributed by atoms with Crippen LogP contribution in [0.1, 0.15) is 17.2 Å². The Balaban J connectivity index is 1.93. The number of aliphatic hydroxyl groups is 1. The molecule has 3 aromatic rings. The molecule has 2 aromatic carbocycles. The third-order valence-corrected chi connectivity index (χ3v) is 5.50. The van der Waals surface area contributed by atoms with E-state index in [-0.39, 0.29) is 27.7 Å². The van der Waals surface area contributed by atoms with Crippen LogP contribution in [-0.4, -0.2) is 28.9 Å². The monoisotopic (exact) mass is 454 g/mol. The number of nitrogens with zero attached hydrogens (tertiary/aromatic N) is 2. The summed E-state index contributed by atoms with van der Waals surface area (Å²) in [5, 5.41) is 11.8. The third kappa shape index (κ3) is 3.76. The molecule has 1 fully saturated rings. The molecule has 1 amide bonds. The van der Waals surface area contributed by atoms with Crippen molar-refractivity contribution in [1.29, 1.82) is 0 Å². The predicted molar refractivity (Wildman–Crippen MR) is 118 cm³/mol. The molecule has 1 aromatic heterocycles. The predicted octanol–water partition coefficient (Wildman–Crippen LogP) is 5.02. The largest absolute Gasteiger partial charge is 0.507 e. The Hall–Kier alpha value is -3.35. The first kappa shape index (κ1) is 20.9. The normalized spacial score (nSPS) is 17.8. The van der Waals surface area contributed by atoms with E-state index in [0.29, 0.717) is 16.3 Å². The van der Waals surface area contributed by atoms with Gasteiger partial charge >= 0.3 is 5.91 Å². The number of carbonyl (C=O) groups excluding carboxylic acids is 2. The van der Waals surface area contributed by atoms with Crippen LogP contribution in [0.5, 0.6) is 5.75 Å². The van der Waals surface area contributed by atoms with Gasteiger partial charge in [0.2, 0.25) is 0 Å². The molecule has 0 saturated carbocycles. The first-order valence-corrected chi connectivity index (χ1v) is 9.99. The maximum atomic E-state index is 13.0. The minimum absolute atomic E-state index is 0.0702. The number of halogens is 2. The van der Waals surface area contributed by atoms with E-state index < -0.39 is 17.7 Å². The number of pyridine rings is 1. The molecular weight excluding hydrogens is 439 g/mol. The summed E-state index contributed by atoms with van der Waals surface area (Å²) in [7, 11) is 1.47. The number of methoxy groups -OCH3 is 1. The zero-order valence-corrected chi connectivity index (χ0v) is 17.8. The van der Waals surface area contributed by atoms with E-state index in [1.165, 1.54) is 24.3 Å². The Labute approximate surface area is 188 Å². The van der Waals surface area contributed by atoms with Gasteiger partial charge in [0.05, 0.1) is 23.7 Å². The second-order valence-corrected chi connectivity index (χ2v) is 7.60. The third-order valence-electron chi connectivity index (χ3n) is 4.95. The Morgan fingerprint density at radius 1 is 1.06 bits per heavy atom. The zero-order chi connectivity index (χ0) is 22.1. The van der Waals surface area contributed by atoms with E-state index in [2.05, 4.69) is 4.98 Å². The number of rotatable bonds is 4. The van der Waals surface area contributed by atoms with Gasteiger partial charge in [-0.15, -0.1) is 0 Å². The fraction of sp³-hybridized carbons (Fsp3) is 0.0870. The van der Waals surface area contributed by atoms with Crippen molar-refractivity contribution < 1.29 is 19.4 Å². The van der Waals surface area contributed by atoms with Crippen LogP contribution >= 0.6 is 23.2 Å². The molecule has 2 heterocycles. The summed E-state index contributed by atoms with van der Waals surface area (Å²) in [6.45, 7) is 0. The highest BCUT2D eigenvalue weighted by atomic mass is 35.5.